The van der Waals surface area contributed by atoms with Gasteiger partial charge in [0.25, 0.3) is 0 Å². The molecule has 1 aromatic rings. The first-order valence-electron chi connectivity index (χ1n) is 7.01. The minimum absolute atomic E-state index is 0.348. The van der Waals surface area contributed by atoms with Crippen LogP contribution in [0, 0.1) is 0 Å². The lowest BCUT2D eigenvalue weighted by molar-refractivity contribution is -0.0212. The SMILES string of the molecule is CCNCc1ccc(CN2CCOC(C)C2)c(Br)c1. The molecule has 1 aromatic carbocycles. The Kier molecular flexibility index (Phi) is 5.82. The van der Waals surface area contributed by atoms with Crippen molar-refractivity contribution >= 4 is 15.9 Å². The molecule has 19 heavy (non-hydrogen) atoms. The lowest BCUT2D eigenvalue weighted by Gasteiger charge is -2.31. The number of benzene rings is 1. The maximum atomic E-state index is 5.58. The third-order valence-corrected chi connectivity index (χ3v) is 4.15. The molecule has 3 nitrogen and oxygen atoms in total. The van der Waals surface area contributed by atoms with Gasteiger partial charge in [0.15, 0.2) is 0 Å². The molecule has 1 unspecified atom stereocenters. The number of ether oxygens (including phenoxy) is 1. The van der Waals surface area contributed by atoms with Crippen LogP contribution in [0.3, 0.4) is 0 Å². The lowest BCUT2D eigenvalue weighted by atomic mass is 10.1. The molecule has 1 fully saturated rings. The van der Waals surface area contributed by atoms with Crippen molar-refractivity contribution in [3.63, 3.8) is 0 Å². The monoisotopic (exact) mass is 326 g/mol. The molecule has 1 N–H and O–H groups in total. The number of halogens is 1. The highest BCUT2D eigenvalue weighted by molar-refractivity contribution is 9.10. The third-order valence-electron chi connectivity index (χ3n) is 3.42. The van der Waals surface area contributed by atoms with E-state index in [4.69, 9.17) is 4.74 Å². The summed E-state index contributed by atoms with van der Waals surface area (Å²) in [6.07, 6.45) is 0.348. The van der Waals surface area contributed by atoms with E-state index < -0.39 is 0 Å². The van der Waals surface area contributed by atoms with E-state index in [1.54, 1.807) is 0 Å². The Balaban J connectivity index is 1.96. The Labute approximate surface area is 124 Å². The van der Waals surface area contributed by atoms with E-state index in [1.165, 1.54) is 15.6 Å². The van der Waals surface area contributed by atoms with Gasteiger partial charge in [0, 0.05) is 30.7 Å². The van der Waals surface area contributed by atoms with Crippen LogP contribution in [0.4, 0.5) is 0 Å². The fourth-order valence-corrected chi connectivity index (χ4v) is 2.93. The fraction of sp³-hybridized carbons (Fsp3) is 0.600. The largest absolute Gasteiger partial charge is 0.376 e. The van der Waals surface area contributed by atoms with Crippen LogP contribution in [0.1, 0.15) is 25.0 Å². The van der Waals surface area contributed by atoms with Gasteiger partial charge in [-0.15, -0.1) is 0 Å². The maximum absolute atomic E-state index is 5.58. The van der Waals surface area contributed by atoms with Crippen molar-refractivity contribution in [2.75, 3.05) is 26.2 Å². The molecule has 1 saturated heterocycles. The molecule has 106 valence electrons. The molecule has 0 aliphatic carbocycles. The van der Waals surface area contributed by atoms with Gasteiger partial charge in [-0.1, -0.05) is 35.0 Å². The summed E-state index contributed by atoms with van der Waals surface area (Å²) in [6, 6.07) is 6.67. The van der Waals surface area contributed by atoms with Crippen LogP contribution in [-0.4, -0.2) is 37.2 Å². The van der Waals surface area contributed by atoms with E-state index in [2.05, 4.69) is 58.2 Å². The molecule has 1 aliphatic heterocycles. The Morgan fingerprint density at radius 1 is 1.47 bits per heavy atom. The topological polar surface area (TPSA) is 24.5 Å². The van der Waals surface area contributed by atoms with E-state index in [-0.39, 0.29) is 0 Å². The molecule has 0 saturated carbocycles. The van der Waals surface area contributed by atoms with Crippen LogP contribution in [-0.2, 0) is 17.8 Å². The summed E-state index contributed by atoms with van der Waals surface area (Å²) in [7, 11) is 0. The summed E-state index contributed by atoms with van der Waals surface area (Å²) in [6.45, 7) is 10.1. The van der Waals surface area contributed by atoms with Crippen molar-refractivity contribution in [3.8, 4) is 0 Å². The summed E-state index contributed by atoms with van der Waals surface area (Å²) >= 11 is 3.70. The minimum atomic E-state index is 0.348. The average molecular weight is 327 g/mol. The second-order valence-electron chi connectivity index (χ2n) is 5.12. The van der Waals surface area contributed by atoms with Gasteiger partial charge < -0.3 is 10.1 Å². The minimum Gasteiger partial charge on any atom is -0.376 e. The second-order valence-corrected chi connectivity index (χ2v) is 5.98. The van der Waals surface area contributed by atoms with Gasteiger partial charge in [0.1, 0.15) is 0 Å². The summed E-state index contributed by atoms with van der Waals surface area (Å²) < 4.78 is 6.79. The molecule has 2 rings (SSSR count). The van der Waals surface area contributed by atoms with Crippen LogP contribution in [0.25, 0.3) is 0 Å². The normalized spacial score (nSPS) is 20.7. The zero-order valence-corrected chi connectivity index (χ0v) is 13.4. The predicted octanol–water partition coefficient (Wildman–Crippen LogP) is 2.78. The van der Waals surface area contributed by atoms with Crippen molar-refractivity contribution < 1.29 is 4.74 Å². The molecule has 4 heteroatoms. The number of morpholine rings is 1. The van der Waals surface area contributed by atoms with Gasteiger partial charge >= 0.3 is 0 Å². The average Bonchev–Trinajstić information content (AvgIpc) is 2.39. The molecule has 1 atom stereocenters. The summed E-state index contributed by atoms with van der Waals surface area (Å²) in [5.41, 5.74) is 2.68. The summed E-state index contributed by atoms with van der Waals surface area (Å²) in [5, 5.41) is 3.35. The number of rotatable bonds is 5. The van der Waals surface area contributed by atoms with Gasteiger partial charge in [-0.2, -0.15) is 0 Å². The van der Waals surface area contributed by atoms with Crippen molar-refractivity contribution in [2.24, 2.45) is 0 Å². The summed E-state index contributed by atoms with van der Waals surface area (Å²) in [4.78, 5) is 2.46. The predicted molar refractivity (Wildman–Crippen MR) is 82.2 cm³/mol. The van der Waals surface area contributed by atoms with Crippen LogP contribution in [0.15, 0.2) is 22.7 Å². The molecule has 0 bridgehead atoms. The molecular formula is C15H23BrN2O. The van der Waals surface area contributed by atoms with E-state index in [0.717, 1.165) is 39.3 Å². The number of hydrogen-bond acceptors (Lipinski definition) is 3. The van der Waals surface area contributed by atoms with E-state index >= 15 is 0 Å². The van der Waals surface area contributed by atoms with Gasteiger partial charge in [0.05, 0.1) is 12.7 Å². The summed E-state index contributed by atoms with van der Waals surface area (Å²) in [5.74, 6) is 0. The molecule has 0 radical (unpaired) electrons. The van der Waals surface area contributed by atoms with Crippen LogP contribution < -0.4 is 5.32 Å². The van der Waals surface area contributed by atoms with Crippen LogP contribution in [0.2, 0.25) is 0 Å². The standard InChI is InChI=1S/C15H23BrN2O/c1-3-17-9-13-4-5-14(15(16)8-13)11-18-6-7-19-12(2)10-18/h4-5,8,12,17H,3,6-7,9-11H2,1-2H3. The zero-order valence-electron chi connectivity index (χ0n) is 11.8. The van der Waals surface area contributed by atoms with Crippen molar-refractivity contribution in [2.45, 2.75) is 33.0 Å². The number of nitrogens with zero attached hydrogens (tertiary/aromatic N) is 1. The van der Waals surface area contributed by atoms with Crippen molar-refractivity contribution in [3.05, 3.63) is 33.8 Å². The molecular weight excluding hydrogens is 304 g/mol. The molecule has 1 aliphatic rings. The lowest BCUT2D eigenvalue weighted by Crippen LogP contribution is -2.40. The van der Waals surface area contributed by atoms with Gasteiger partial charge in [-0.05, 0) is 30.7 Å². The second kappa shape index (κ2) is 7.39. The smallest absolute Gasteiger partial charge is 0.0674 e. The van der Waals surface area contributed by atoms with E-state index in [0.29, 0.717) is 6.10 Å². The van der Waals surface area contributed by atoms with Gasteiger partial charge in [0.2, 0.25) is 0 Å². The third kappa shape index (κ3) is 4.56. The van der Waals surface area contributed by atoms with E-state index in [1.807, 2.05) is 0 Å². The highest BCUT2D eigenvalue weighted by Crippen LogP contribution is 2.21. The molecule has 0 aromatic heterocycles. The Hall–Kier alpha value is -0.420. The Morgan fingerprint density at radius 2 is 2.32 bits per heavy atom. The number of nitrogens with one attached hydrogen (secondary N) is 1. The van der Waals surface area contributed by atoms with Crippen molar-refractivity contribution in [1.29, 1.82) is 0 Å². The quantitative estimate of drug-likeness (QED) is 0.900. The maximum Gasteiger partial charge on any atom is 0.0674 e. The zero-order chi connectivity index (χ0) is 13.7. The highest BCUT2D eigenvalue weighted by atomic mass is 79.9. The molecule has 1 heterocycles. The van der Waals surface area contributed by atoms with Crippen LogP contribution >= 0.6 is 15.9 Å². The highest BCUT2D eigenvalue weighted by Gasteiger charge is 2.17. The van der Waals surface area contributed by atoms with Crippen molar-refractivity contribution in [1.82, 2.24) is 10.2 Å². The Bertz CT molecular complexity index is 411. The van der Waals surface area contributed by atoms with Gasteiger partial charge in [-0.25, -0.2) is 0 Å². The first-order valence-corrected chi connectivity index (χ1v) is 7.80. The van der Waals surface area contributed by atoms with Crippen LogP contribution in [0.5, 0.6) is 0 Å². The molecule has 0 spiro atoms. The molecule has 0 amide bonds. The Morgan fingerprint density at radius 3 is 3.00 bits per heavy atom. The van der Waals surface area contributed by atoms with E-state index in [9.17, 15) is 0 Å². The fourth-order valence-electron chi connectivity index (χ4n) is 2.37. The van der Waals surface area contributed by atoms with Gasteiger partial charge in [-0.3, -0.25) is 4.90 Å². The first kappa shape index (κ1) is 15.0. The number of hydrogen-bond donors (Lipinski definition) is 1. The first-order chi connectivity index (χ1) is 9.19.